The third-order valence-electron chi connectivity index (χ3n) is 2.05. The van der Waals surface area contributed by atoms with E-state index in [0.717, 1.165) is 5.56 Å². The molecule has 0 saturated heterocycles. The smallest absolute Gasteiger partial charge is 0.286 e. The van der Waals surface area contributed by atoms with Gasteiger partial charge in [0, 0.05) is 18.0 Å². The van der Waals surface area contributed by atoms with E-state index in [2.05, 4.69) is 9.97 Å². The van der Waals surface area contributed by atoms with Crippen molar-refractivity contribution in [2.45, 2.75) is 0 Å². The van der Waals surface area contributed by atoms with Crippen LogP contribution < -0.4 is 5.73 Å². The van der Waals surface area contributed by atoms with Crippen molar-refractivity contribution in [2.75, 3.05) is 0 Å². The molecule has 0 bridgehead atoms. The fraction of sp³-hybridized carbons (Fsp3) is 0. The van der Waals surface area contributed by atoms with Gasteiger partial charge in [-0.1, -0.05) is 12.1 Å². The maximum atomic E-state index is 12.7. The molecule has 0 aliphatic rings. The Hall–Kier alpha value is -2.30. The van der Waals surface area contributed by atoms with Gasteiger partial charge < -0.3 is 5.73 Å². The van der Waals surface area contributed by atoms with E-state index >= 15 is 0 Å². The van der Waals surface area contributed by atoms with Gasteiger partial charge in [0.15, 0.2) is 0 Å². The summed E-state index contributed by atoms with van der Waals surface area (Å²) in [6.07, 6.45) is 2.95. The summed E-state index contributed by atoms with van der Waals surface area (Å²) in [6, 6.07) is 5.91. The zero-order valence-corrected chi connectivity index (χ0v) is 8.22. The van der Waals surface area contributed by atoms with Gasteiger partial charge in [0.1, 0.15) is 5.82 Å². The van der Waals surface area contributed by atoms with Crippen LogP contribution in [0.1, 0.15) is 10.6 Å². The maximum Gasteiger partial charge on any atom is 0.286 e. The van der Waals surface area contributed by atoms with Crippen molar-refractivity contribution in [2.24, 2.45) is 5.73 Å². The molecule has 5 heteroatoms. The highest BCUT2D eigenvalue weighted by atomic mass is 19.1. The van der Waals surface area contributed by atoms with Gasteiger partial charge in [-0.05, 0) is 17.7 Å². The van der Waals surface area contributed by atoms with E-state index in [4.69, 9.17) is 5.73 Å². The molecule has 0 spiro atoms. The van der Waals surface area contributed by atoms with Crippen LogP contribution in [0.15, 0.2) is 36.7 Å². The van der Waals surface area contributed by atoms with Crippen LogP contribution in [-0.2, 0) is 0 Å². The largest absolute Gasteiger partial charge is 0.363 e. The van der Waals surface area contributed by atoms with E-state index in [9.17, 15) is 9.18 Å². The van der Waals surface area contributed by atoms with Crippen molar-refractivity contribution in [1.29, 1.82) is 0 Å². The molecule has 0 unspecified atom stereocenters. The molecule has 1 heterocycles. The van der Waals surface area contributed by atoms with Crippen LogP contribution >= 0.6 is 0 Å². The highest BCUT2D eigenvalue weighted by Crippen LogP contribution is 2.17. The number of primary amides is 1. The van der Waals surface area contributed by atoms with Crippen LogP contribution in [-0.4, -0.2) is 15.9 Å². The summed E-state index contributed by atoms with van der Waals surface area (Å²) in [4.78, 5) is 18.3. The normalized spacial score (nSPS) is 10.1. The minimum Gasteiger partial charge on any atom is -0.363 e. The van der Waals surface area contributed by atoms with E-state index < -0.39 is 5.91 Å². The minimum absolute atomic E-state index is 0.0362. The van der Waals surface area contributed by atoms with Crippen LogP contribution in [0.3, 0.4) is 0 Å². The van der Waals surface area contributed by atoms with Crippen molar-refractivity contribution in [3.8, 4) is 11.1 Å². The number of nitrogens with two attached hydrogens (primary N) is 1. The summed E-state index contributed by atoms with van der Waals surface area (Å²) < 4.78 is 12.7. The molecule has 0 aliphatic carbocycles. The van der Waals surface area contributed by atoms with Gasteiger partial charge in [0.05, 0.1) is 0 Å². The molecular formula is C11H8FN3O. The fourth-order valence-corrected chi connectivity index (χ4v) is 1.25. The number of nitrogens with zero attached hydrogens (tertiary/aromatic N) is 2. The first-order valence-corrected chi connectivity index (χ1v) is 4.54. The molecule has 4 nitrogen and oxygen atoms in total. The molecular weight excluding hydrogens is 209 g/mol. The van der Waals surface area contributed by atoms with E-state index in [0.29, 0.717) is 5.56 Å². The van der Waals surface area contributed by atoms with Crippen molar-refractivity contribution in [1.82, 2.24) is 9.97 Å². The van der Waals surface area contributed by atoms with Gasteiger partial charge in [0.2, 0.25) is 5.82 Å². The predicted octanol–water partition coefficient (Wildman–Crippen LogP) is 1.38. The second-order valence-electron chi connectivity index (χ2n) is 3.17. The predicted molar refractivity (Wildman–Crippen MR) is 55.9 cm³/mol. The number of halogens is 1. The lowest BCUT2D eigenvalue weighted by molar-refractivity contribution is 0.0990. The Kier molecular flexibility index (Phi) is 2.59. The SMILES string of the molecule is NC(=O)c1ncc(-c2ccc(F)cc2)cn1. The molecule has 0 fully saturated rings. The lowest BCUT2D eigenvalue weighted by Gasteiger charge is -2.00. The van der Waals surface area contributed by atoms with E-state index in [1.54, 1.807) is 12.1 Å². The Balaban J connectivity index is 2.34. The summed E-state index contributed by atoms with van der Waals surface area (Å²) in [5.41, 5.74) is 6.48. The van der Waals surface area contributed by atoms with E-state index in [1.165, 1.54) is 24.5 Å². The quantitative estimate of drug-likeness (QED) is 0.826. The van der Waals surface area contributed by atoms with E-state index in [-0.39, 0.29) is 11.6 Å². The van der Waals surface area contributed by atoms with Gasteiger partial charge in [-0.15, -0.1) is 0 Å². The molecule has 1 aromatic carbocycles. The highest BCUT2D eigenvalue weighted by Gasteiger charge is 2.04. The Labute approximate surface area is 91.0 Å². The molecule has 0 radical (unpaired) electrons. The van der Waals surface area contributed by atoms with Gasteiger partial charge >= 0.3 is 0 Å². The molecule has 0 atom stereocenters. The molecule has 0 saturated carbocycles. The molecule has 0 aliphatic heterocycles. The van der Waals surface area contributed by atoms with Crippen molar-refractivity contribution in [3.63, 3.8) is 0 Å². The first kappa shape index (κ1) is 10.2. The Morgan fingerprint density at radius 2 is 1.62 bits per heavy atom. The number of benzene rings is 1. The molecule has 16 heavy (non-hydrogen) atoms. The van der Waals surface area contributed by atoms with Crippen molar-refractivity contribution >= 4 is 5.91 Å². The first-order valence-electron chi connectivity index (χ1n) is 4.54. The molecule has 80 valence electrons. The number of amides is 1. The summed E-state index contributed by atoms with van der Waals surface area (Å²) in [7, 11) is 0. The monoisotopic (exact) mass is 217 g/mol. The van der Waals surface area contributed by atoms with Crippen LogP contribution in [0, 0.1) is 5.82 Å². The number of carbonyl (C=O) groups excluding carboxylic acids is 1. The van der Waals surface area contributed by atoms with Crippen molar-refractivity contribution in [3.05, 3.63) is 48.3 Å². The summed E-state index contributed by atoms with van der Waals surface area (Å²) in [6.45, 7) is 0. The third-order valence-corrected chi connectivity index (χ3v) is 2.05. The van der Waals surface area contributed by atoms with Crippen LogP contribution in [0.5, 0.6) is 0 Å². The second kappa shape index (κ2) is 4.06. The Bertz CT molecular complexity index is 508. The standard InChI is InChI=1S/C11H8FN3O/c12-9-3-1-7(2-4-9)8-5-14-11(10(13)16)15-6-8/h1-6H,(H2,13,16). The summed E-state index contributed by atoms with van der Waals surface area (Å²) in [5.74, 6) is -1.02. The number of hydrogen-bond donors (Lipinski definition) is 1. The van der Waals surface area contributed by atoms with Crippen molar-refractivity contribution < 1.29 is 9.18 Å². The Morgan fingerprint density at radius 1 is 1.06 bits per heavy atom. The topological polar surface area (TPSA) is 68.9 Å². The van der Waals surface area contributed by atoms with Gasteiger partial charge in [-0.2, -0.15) is 0 Å². The van der Waals surface area contributed by atoms with Gasteiger partial charge in [0.25, 0.3) is 5.91 Å². The van der Waals surface area contributed by atoms with Crippen LogP contribution in [0.25, 0.3) is 11.1 Å². The Morgan fingerprint density at radius 3 is 2.12 bits per heavy atom. The number of aromatic nitrogens is 2. The number of hydrogen-bond acceptors (Lipinski definition) is 3. The average Bonchev–Trinajstić information content (AvgIpc) is 2.30. The van der Waals surface area contributed by atoms with E-state index in [1.807, 2.05) is 0 Å². The molecule has 2 aromatic rings. The van der Waals surface area contributed by atoms with Gasteiger partial charge in [-0.25, -0.2) is 14.4 Å². The molecule has 2 rings (SSSR count). The van der Waals surface area contributed by atoms with Gasteiger partial charge in [-0.3, -0.25) is 4.79 Å². The molecule has 1 amide bonds. The highest BCUT2D eigenvalue weighted by molar-refractivity contribution is 5.88. The zero-order valence-electron chi connectivity index (χ0n) is 8.22. The molecule has 2 N–H and O–H groups in total. The number of rotatable bonds is 2. The zero-order chi connectivity index (χ0) is 11.5. The third kappa shape index (κ3) is 2.03. The lowest BCUT2D eigenvalue weighted by atomic mass is 10.1. The summed E-state index contributed by atoms with van der Waals surface area (Å²) in [5, 5.41) is 0. The number of carbonyl (C=O) groups is 1. The maximum absolute atomic E-state index is 12.7. The fourth-order valence-electron chi connectivity index (χ4n) is 1.25. The summed E-state index contributed by atoms with van der Waals surface area (Å²) >= 11 is 0. The minimum atomic E-state index is -0.675. The van der Waals surface area contributed by atoms with Crippen LogP contribution in [0.2, 0.25) is 0 Å². The molecule has 1 aromatic heterocycles. The van der Waals surface area contributed by atoms with Crippen LogP contribution in [0.4, 0.5) is 4.39 Å². The lowest BCUT2D eigenvalue weighted by Crippen LogP contribution is -2.14. The average molecular weight is 217 g/mol. The first-order chi connectivity index (χ1) is 7.66. The second-order valence-corrected chi connectivity index (χ2v) is 3.17.